The fourth-order valence-electron chi connectivity index (χ4n) is 1.05. The minimum absolute atomic E-state index is 0.237. The standard InChI is InChI=1S/C9H18F3NOS/c1-3-8(6-14-2)13-4-5-15-7-9(10,11)12/h8,13H,3-7H2,1-2H3. The number of rotatable bonds is 8. The molecule has 0 saturated carbocycles. The van der Waals surface area contributed by atoms with Gasteiger partial charge in [-0.1, -0.05) is 6.92 Å². The fraction of sp³-hybridized carbons (Fsp3) is 1.00. The lowest BCUT2D eigenvalue weighted by Crippen LogP contribution is -2.34. The van der Waals surface area contributed by atoms with Crippen molar-refractivity contribution in [2.45, 2.75) is 25.6 Å². The molecule has 1 atom stereocenters. The molecule has 15 heavy (non-hydrogen) atoms. The van der Waals surface area contributed by atoms with Crippen LogP contribution in [0.25, 0.3) is 0 Å². The van der Waals surface area contributed by atoms with Gasteiger partial charge in [0.05, 0.1) is 12.4 Å². The Bertz CT molecular complexity index is 155. The summed E-state index contributed by atoms with van der Waals surface area (Å²) in [7, 11) is 1.61. The van der Waals surface area contributed by atoms with E-state index in [0.29, 0.717) is 18.9 Å². The molecule has 0 radical (unpaired) electrons. The van der Waals surface area contributed by atoms with Gasteiger partial charge in [0, 0.05) is 25.4 Å². The summed E-state index contributed by atoms with van der Waals surface area (Å²) in [5.74, 6) is -0.296. The Morgan fingerprint density at radius 1 is 1.40 bits per heavy atom. The van der Waals surface area contributed by atoms with Crippen LogP contribution in [-0.2, 0) is 4.74 Å². The number of methoxy groups -OCH3 is 1. The van der Waals surface area contributed by atoms with Gasteiger partial charge in [-0.3, -0.25) is 0 Å². The van der Waals surface area contributed by atoms with Crippen LogP contribution in [0.1, 0.15) is 13.3 Å². The van der Waals surface area contributed by atoms with Gasteiger partial charge in [-0.25, -0.2) is 0 Å². The maximum atomic E-state index is 11.8. The molecule has 0 amide bonds. The first-order chi connectivity index (χ1) is 6.99. The van der Waals surface area contributed by atoms with Crippen LogP contribution in [0, 0.1) is 0 Å². The molecule has 0 aromatic heterocycles. The Morgan fingerprint density at radius 2 is 2.07 bits per heavy atom. The van der Waals surface area contributed by atoms with E-state index in [4.69, 9.17) is 4.74 Å². The van der Waals surface area contributed by atoms with Crippen LogP contribution in [0.15, 0.2) is 0 Å². The van der Waals surface area contributed by atoms with Crippen molar-refractivity contribution >= 4 is 11.8 Å². The van der Waals surface area contributed by atoms with Crippen molar-refractivity contribution in [2.75, 3.05) is 31.8 Å². The topological polar surface area (TPSA) is 21.3 Å². The molecule has 0 aromatic rings. The van der Waals surface area contributed by atoms with E-state index in [0.717, 1.165) is 18.2 Å². The van der Waals surface area contributed by atoms with E-state index in [-0.39, 0.29) is 6.04 Å². The first-order valence-corrected chi connectivity index (χ1v) is 6.02. The number of hydrogen-bond acceptors (Lipinski definition) is 3. The van der Waals surface area contributed by atoms with Gasteiger partial charge in [-0.05, 0) is 6.42 Å². The third-order valence-corrected chi connectivity index (χ3v) is 2.83. The van der Waals surface area contributed by atoms with Gasteiger partial charge in [-0.2, -0.15) is 24.9 Å². The molecule has 0 fully saturated rings. The quantitative estimate of drug-likeness (QED) is 0.663. The molecule has 0 heterocycles. The highest BCUT2D eigenvalue weighted by Crippen LogP contribution is 2.20. The van der Waals surface area contributed by atoms with Crippen molar-refractivity contribution in [3.05, 3.63) is 0 Å². The predicted molar refractivity (Wildman–Crippen MR) is 57.3 cm³/mol. The first kappa shape index (κ1) is 15.1. The van der Waals surface area contributed by atoms with Crippen molar-refractivity contribution in [1.82, 2.24) is 5.32 Å². The minimum atomic E-state index is -4.05. The molecule has 1 unspecified atom stereocenters. The molecular formula is C9H18F3NOS. The van der Waals surface area contributed by atoms with E-state index in [1.165, 1.54) is 0 Å². The van der Waals surface area contributed by atoms with Crippen LogP contribution in [0.2, 0.25) is 0 Å². The lowest BCUT2D eigenvalue weighted by atomic mass is 10.2. The zero-order valence-corrected chi connectivity index (χ0v) is 9.88. The summed E-state index contributed by atoms with van der Waals surface area (Å²) >= 11 is 0.902. The van der Waals surface area contributed by atoms with Crippen LogP contribution in [0.3, 0.4) is 0 Å². The largest absolute Gasteiger partial charge is 0.397 e. The molecule has 0 aliphatic heterocycles. The number of hydrogen-bond donors (Lipinski definition) is 1. The molecule has 0 saturated heterocycles. The average molecular weight is 245 g/mol. The van der Waals surface area contributed by atoms with Gasteiger partial charge in [0.1, 0.15) is 0 Å². The van der Waals surface area contributed by atoms with Gasteiger partial charge in [0.15, 0.2) is 0 Å². The summed E-state index contributed by atoms with van der Waals surface area (Å²) < 4.78 is 40.3. The number of alkyl halides is 3. The molecule has 0 bridgehead atoms. The van der Waals surface area contributed by atoms with Crippen molar-refractivity contribution in [3.63, 3.8) is 0 Å². The van der Waals surface area contributed by atoms with E-state index >= 15 is 0 Å². The molecular weight excluding hydrogens is 227 g/mol. The van der Waals surface area contributed by atoms with Gasteiger partial charge >= 0.3 is 6.18 Å². The van der Waals surface area contributed by atoms with E-state index in [9.17, 15) is 13.2 Å². The second kappa shape index (κ2) is 8.24. The highest BCUT2D eigenvalue weighted by Gasteiger charge is 2.26. The SMILES string of the molecule is CCC(COC)NCCSCC(F)(F)F. The average Bonchev–Trinajstić information content (AvgIpc) is 2.14. The van der Waals surface area contributed by atoms with Crippen molar-refractivity contribution < 1.29 is 17.9 Å². The Labute approximate surface area is 92.9 Å². The molecule has 0 aromatic carbocycles. The van der Waals surface area contributed by atoms with Crippen LogP contribution >= 0.6 is 11.8 Å². The van der Waals surface area contributed by atoms with Crippen molar-refractivity contribution in [1.29, 1.82) is 0 Å². The van der Waals surface area contributed by atoms with E-state index in [2.05, 4.69) is 5.32 Å². The minimum Gasteiger partial charge on any atom is -0.383 e. The maximum Gasteiger partial charge on any atom is 0.397 e. The first-order valence-electron chi connectivity index (χ1n) is 4.86. The summed E-state index contributed by atoms with van der Waals surface area (Å²) in [5, 5.41) is 3.14. The fourth-order valence-corrected chi connectivity index (χ4v) is 1.68. The number of ether oxygens (including phenoxy) is 1. The van der Waals surface area contributed by atoms with E-state index in [1.807, 2.05) is 6.92 Å². The highest BCUT2D eigenvalue weighted by molar-refractivity contribution is 7.99. The van der Waals surface area contributed by atoms with Crippen LogP contribution in [0.5, 0.6) is 0 Å². The lowest BCUT2D eigenvalue weighted by Gasteiger charge is -2.15. The Morgan fingerprint density at radius 3 is 2.53 bits per heavy atom. The molecule has 0 aliphatic rings. The smallest absolute Gasteiger partial charge is 0.383 e. The summed E-state index contributed by atoms with van der Waals surface area (Å²) in [5.41, 5.74) is 0. The number of thioether (sulfide) groups is 1. The summed E-state index contributed by atoms with van der Waals surface area (Å²) in [4.78, 5) is 0. The Balaban J connectivity index is 3.36. The van der Waals surface area contributed by atoms with Crippen LogP contribution in [0.4, 0.5) is 13.2 Å². The molecule has 0 aliphatic carbocycles. The van der Waals surface area contributed by atoms with Gasteiger partial charge in [0.25, 0.3) is 0 Å². The van der Waals surface area contributed by atoms with Crippen molar-refractivity contribution in [3.8, 4) is 0 Å². The Hall–Kier alpha value is 0.0600. The van der Waals surface area contributed by atoms with E-state index < -0.39 is 11.9 Å². The zero-order chi connectivity index (χ0) is 11.7. The highest BCUT2D eigenvalue weighted by atomic mass is 32.2. The summed E-state index contributed by atoms with van der Waals surface area (Å²) in [6.45, 7) is 3.20. The van der Waals surface area contributed by atoms with Gasteiger partial charge < -0.3 is 10.1 Å². The molecule has 6 heteroatoms. The second-order valence-corrected chi connectivity index (χ2v) is 4.29. The second-order valence-electron chi connectivity index (χ2n) is 3.18. The maximum absolute atomic E-state index is 11.8. The summed E-state index contributed by atoms with van der Waals surface area (Å²) in [6, 6.07) is 0.237. The van der Waals surface area contributed by atoms with Crippen LogP contribution in [-0.4, -0.2) is 44.0 Å². The molecule has 0 rings (SSSR count). The van der Waals surface area contributed by atoms with Crippen molar-refractivity contribution in [2.24, 2.45) is 0 Å². The van der Waals surface area contributed by atoms with Crippen LogP contribution < -0.4 is 5.32 Å². The van der Waals surface area contributed by atoms with Gasteiger partial charge in [-0.15, -0.1) is 0 Å². The molecule has 2 nitrogen and oxygen atoms in total. The predicted octanol–water partition coefficient (Wildman–Crippen LogP) is 2.30. The molecule has 0 spiro atoms. The molecule has 1 N–H and O–H groups in total. The summed E-state index contributed by atoms with van der Waals surface area (Å²) in [6.07, 6.45) is -3.14. The van der Waals surface area contributed by atoms with E-state index in [1.54, 1.807) is 7.11 Å². The third-order valence-electron chi connectivity index (χ3n) is 1.81. The molecule has 92 valence electrons. The third kappa shape index (κ3) is 10.3. The number of halogens is 3. The lowest BCUT2D eigenvalue weighted by molar-refractivity contribution is -0.105. The Kier molecular flexibility index (Phi) is 8.27. The zero-order valence-electron chi connectivity index (χ0n) is 9.06. The number of nitrogens with one attached hydrogen (secondary N) is 1. The monoisotopic (exact) mass is 245 g/mol. The normalized spacial score (nSPS) is 14.2. The van der Waals surface area contributed by atoms with Gasteiger partial charge in [0.2, 0.25) is 0 Å².